The van der Waals surface area contributed by atoms with E-state index < -0.39 is 0 Å². The molecule has 1 atom stereocenters. The van der Waals surface area contributed by atoms with E-state index in [0.717, 1.165) is 24.1 Å². The van der Waals surface area contributed by atoms with Gasteiger partial charge in [-0.05, 0) is 67.5 Å². The molecule has 4 aliphatic carbocycles. The van der Waals surface area contributed by atoms with Crippen LogP contribution in [-0.2, 0) is 11.1 Å². The average molecular weight is 279 g/mol. The molecule has 0 spiro atoms. The fourth-order valence-corrected chi connectivity index (χ4v) is 5.91. The fraction of sp³-hybridized carbons (Fsp3) is 0.632. The van der Waals surface area contributed by atoms with Gasteiger partial charge in [0.15, 0.2) is 0 Å². The summed E-state index contributed by atoms with van der Waals surface area (Å²) in [5, 5.41) is 0. The molecular weight excluding hydrogens is 255 g/mol. The molecule has 0 N–H and O–H groups in total. The molecule has 0 heterocycles. The first kappa shape index (κ1) is 13.6. The minimum absolute atomic E-state index is 0.172. The van der Waals surface area contributed by atoms with Crippen molar-refractivity contribution in [1.82, 2.24) is 0 Å². The van der Waals surface area contributed by atoms with Gasteiger partial charge in [-0.15, -0.1) is 0 Å². The lowest BCUT2D eigenvalue weighted by Crippen LogP contribution is -2.49. The molecule has 0 aromatic heterocycles. The molecule has 0 amide bonds. The molecule has 109 valence electrons. The van der Waals surface area contributed by atoms with Gasteiger partial charge in [0.2, 0.25) is 0 Å². The van der Waals surface area contributed by atoms with Gasteiger partial charge in [-0.3, -0.25) is 0 Å². The minimum Gasteiger partial charge on any atom is -0.304 e. The Bertz CT molecular complexity index is 474. The van der Waals surface area contributed by atoms with Crippen LogP contribution in [0, 0.1) is 23.2 Å². The molecule has 1 aromatic rings. The van der Waals surface area contributed by atoms with E-state index in [9.17, 15) is 4.79 Å². The number of aldehydes is 1. The summed E-state index contributed by atoms with van der Waals surface area (Å²) in [4.78, 5) is 11.8. The Morgan fingerprint density at radius 1 is 1.05 bits per heavy atom. The number of carbonyl (C=O) groups is 1. The highest BCUT2D eigenvalue weighted by molar-refractivity contribution is 6.42. The zero-order valence-corrected chi connectivity index (χ0v) is 12.7. The van der Waals surface area contributed by atoms with Crippen LogP contribution in [0.15, 0.2) is 30.3 Å². The van der Waals surface area contributed by atoms with Crippen molar-refractivity contribution in [2.75, 3.05) is 0 Å². The molecule has 1 radical (unpaired) electrons. The van der Waals surface area contributed by atoms with Gasteiger partial charge in [0.25, 0.3) is 0 Å². The lowest BCUT2D eigenvalue weighted by atomic mass is 9.39. The quantitative estimate of drug-likeness (QED) is 0.586. The van der Waals surface area contributed by atoms with Crippen molar-refractivity contribution in [3.63, 3.8) is 0 Å². The van der Waals surface area contributed by atoms with Gasteiger partial charge in [-0.1, -0.05) is 42.2 Å². The van der Waals surface area contributed by atoms with Crippen molar-refractivity contribution in [1.29, 1.82) is 0 Å². The van der Waals surface area contributed by atoms with Gasteiger partial charge < -0.3 is 4.79 Å². The van der Waals surface area contributed by atoms with Gasteiger partial charge in [0.05, 0.1) is 0 Å². The minimum atomic E-state index is 0.172. The first-order valence-electron chi connectivity index (χ1n) is 8.60. The largest absolute Gasteiger partial charge is 0.304 e. The van der Waals surface area contributed by atoms with Gasteiger partial charge in [-0.25, -0.2) is 0 Å². The van der Waals surface area contributed by atoms with E-state index >= 15 is 0 Å². The van der Waals surface area contributed by atoms with Crippen molar-refractivity contribution >= 4 is 13.6 Å². The van der Waals surface area contributed by atoms with Crippen LogP contribution in [0.25, 0.3) is 0 Å². The third kappa shape index (κ3) is 2.47. The summed E-state index contributed by atoms with van der Waals surface area (Å²) in [5.41, 5.74) is 1.65. The van der Waals surface area contributed by atoms with Crippen molar-refractivity contribution in [2.45, 2.75) is 50.7 Å². The summed E-state index contributed by atoms with van der Waals surface area (Å²) in [7, 11) is 2.31. The monoisotopic (exact) mass is 279 g/mol. The van der Waals surface area contributed by atoms with E-state index in [1.807, 2.05) is 0 Å². The first-order valence-corrected chi connectivity index (χ1v) is 8.60. The predicted octanol–water partition coefficient (Wildman–Crippen LogP) is 4.09. The molecule has 0 saturated heterocycles. The third-order valence-electron chi connectivity index (χ3n) is 6.39. The molecule has 4 saturated carbocycles. The Morgan fingerprint density at radius 2 is 1.62 bits per heavy atom. The second-order valence-corrected chi connectivity index (χ2v) is 7.87. The van der Waals surface area contributed by atoms with Gasteiger partial charge in [-0.2, -0.15) is 0 Å². The summed E-state index contributed by atoms with van der Waals surface area (Å²) < 4.78 is 0. The van der Waals surface area contributed by atoms with Crippen LogP contribution in [0.2, 0.25) is 5.82 Å². The lowest BCUT2D eigenvalue weighted by Gasteiger charge is -2.59. The summed E-state index contributed by atoms with van der Waals surface area (Å²) in [6.45, 7) is 0. The standard InChI is InChI=1S/C19H24BO/c21-13-18(20-12-14-4-2-1-3-5-14)19-9-15-6-16(10-19)8-17(7-15)11-19/h1-5,13,15-18H,6-12H2/t15?,16?,17?,18-,19?/m1/s1. The van der Waals surface area contributed by atoms with Crippen LogP contribution < -0.4 is 0 Å². The predicted molar refractivity (Wildman–Crippen MR) is 86.3 cm³/mol. The van der Waals surface area contributed by atoms with Crippen LogP contribution in [0.4, 0.5) is 0 Å². The van der Waals surface area contributed by atoms with E-state index in [1.165, 1.54) is 50.4 Å². The van der Waals surface area contributed by atoms with Crippen LogP contribution >= 0.6 is 0 Å². The Hall–Kier alpha value is -1.05. The van der Waals surface area contributed by atoms with Crippen molar-refractivity contribution in [3.05, 3.63) is 35.9 Å². The smallest absolute Gasteiger partial charge is 0.129 e. The molecule has 1 aromatic carbocycles. The van der Waals surface area contributed by atoms with Crippen LogP contribution in [0.1, 0.15) is 44.1 Å². The molecule has 4 aliphatic rings. The molecule has 2 heteroatoms. The molecule has 21 heavy (non-hydrogen) atoms. The highest BCUT2D eigenvalue weighted by Gasteiger charge is 2.53. The Morgan fingerprint density at radius 3 is 2.14 bits per heavy atom. The van der Waals surface area contributed by atoms with Crippen LogP contribution in [0.3, 0.4) is 0 Å². The van der Waals surface area contributed by atoms with Crippen molar-refractivity contribution < 1.29 is 4.79 Å². The zero-order valence-electron chi connectivity index (χ0n) is 12.7. The average Bonchev–Trinajstić information content (AvgIpc) is 2.47. The Kier molecular flexibility index (Phi) is 3.43. The molecule has 1 nitrogen and oxygen atoms in total. The topological polar surface area (TPSA) is 17.1 Å². The SMILES string of the molecule is O=C[C@@H]([B]Cc1ccccc1)C12CC3CC(CC(C3)C1)C2. The Labute approximate surface area is 128 Å². The third-order valence-corrected chi connectivity index (χ3v) is 6.39. The van der Waals surface area contributed by atoms with Gasteiger partial charge in [0, 0.05) is 0 Å². The molecular formula is C19H24BO. The van der Waals surface area contributed by atoms with E-state index in [2.05, 4.69) is 37.6 Å². The number of carbonyl (C=O) groups excluding carboxylic acids is 1. The molecule has 4 bridgehead atoms. The van der Waals surface area contributed by atoms with Crippen LogP contribution in [0.5, 0.6) is 0 Å². The fourth-order valence-electron chi connectivity index (χ4n) is 5.91. The summed E-state index contributed by atoms with van der Waals surface area (Å²) >= 11 is 0. The van der Waals surface area contributed by atoms with E-state index in [4.69, 9.17) is 0 Å². The normalized spacial score (nSPS) is 38.2. The summed E-state index contributed by atoms with van der Waals surface area (Å²) in [6, 6.07) is 10.6. The van der Waals surface area contributed by atoms with E-state index in [1.54, 1.807) is 0 Å². The summed E-state index contributed by atoms with van der Waals surface area (Å²) in [5.74, 6) is 2.93. The van der Waals surface area contributed by atoms with Gasteiger partial charge >= 0.3 is 0 Å². The highest BCUT2D eigenvalue weighted by Crippen LogP contribution is 2.63. The molecule has 4 fully saturated rings. The molecule has 5 rings (SSSR count). The van der Waals surface area contributed by atoms with Crippen molar-refractivity contribution in [2.24, 2.45) is 23.2 Å². The second-order valence-electron chi connectivity index (χ2n) is 7.87. The number of hydrogen-bond acceptors (Lipinski definition) is 1. The van der Waals surface area contributed by atoms with Crippen LogP contribution in [-0.4, -0.2) is 13.6 Å². The van der Waals surface area contributed by atoms with E-state index in [-0.39, 0.29) is 5.82 Å². The lowest BCUT2D eigenvalue weighted by molar-refractivity contribution is -0.115. The zero-order chi connectivity index (χ0) is 14.3. The molecule has 0 unspecified atom stereocenters. The first-order chi connectivity index (χ1) is 10.3. The second kappa shape index (κ2) is 5.30. The summed E-state index contributed by atoms with van der Waals surface area (Å²) in [6.07, 6.45) is 10.5. The number of hydrogen-bond donors (Lipinski definition) is 0. The van der Waals surface area contributed by atoms with E-state index in [0.29, 0.717) is 5.41 Å². The maximum Gasteiger partial charge on any atom is 0.129 e. The number of rotatable bonds is 5. The maximum absolute atomic E-state index is 11.8. The number of benzene rings is 1. The molecule has 0 aliphatic heterocycles. The van der Waals surface area contributed by atoms with Crippen molar-refractivity contribution in [3.8, 4) is 0 Å². The highest BCUT2D eigenvalue weighted by atomic mass is 16.1. The maximum atomic E-state index is 11.8. The van der Waals surface area contributed by atoms with Gasteiger partial charge in [0.1, 0.15) is 13.6 Å². The Balaban J connectivity index is 1.49.